The maximum atomic E-state index is 6.51. The molecule has 9 aromatic carbocycles. The summed E-state index contributed by atoms with van der Waals surface area (Å²) in [5.74, 6) is 2.31. The van der Waals surface area contributed by atoms with E-state index in [1.165, 1.54) is 5.39 Å². The second-order valence-electron chi connectivity index (χ2n) is 14.8. The van der Waals surface area contributed by atoms with Gasteiger partial charge in [-0.2, -0.15) is 0 Å². The fourth-order valence-corrected chi connectivity index (χ4v) is 8.50. The van der Waals surface area contributed by atoms with Gasteiger partial charge in [-0.05, 0) is 68.7 Å². The van der Waals surface area contributed by atoms with Gasteiger partial charge < -0.3 is 4.42 Å². The Bertz CT molecular complexity index is 3630. The molecular weight excluding hydrogens is 723 g/mol. The monoisotopic (exact) mass is 753 g/mol. The van der Waals surface area contributed by atoms with E-state index in [1.807, 2.05) is 66.7 Å². The summed E-state index contributed by atoms with van der Waals surface area (Å²) in [5, 5.41) is 9.75. The molecule has 0 aliphatic carbocycles. The summed E-state index contributed by atoms with van der Waals surface area (Å²) in [5.41, 5.74) is 7.88. The molecule has 0 saturated heterocycles. The molecule has 0 unspecified atom stereocenters. The molecule has 59 heavy (non-hydrogen) atoms. The molecular formula is C53H31N5O. The van der Waals surface area contributed by atoms with Crippen LogP contribution in [0, 0.1) is 0 Å². The van der Waals surface area contributed by atoms with Crippen molar-refractivity contribution < 1.29 is 4.42 Å². The van der Waals surface area contributed by atoms with Crippen LogP contribution in [0.2, 0.25) is 0 Å². The highest BCUT2D eigenvalue weighted by atomic mass is 16.3. The Kier molecular flexibility index (Phi) is 7.43. The summed E-state index contributed by atoms with van der Waals surface area (Å²) in [4.78, 5) is 26.1. The van der Waals surface area contributed by atoms with Crippen molar-refractivity contribution in [3.8, 4) is 56.8 Å². The fourth-order valence-electron chi connectivity index (χ4n) is 8.50. The van der Waals surface area contributed by atoms with Crippen molar-refractivity contribution in [2.45, 2.75) is 0 Å². The molecule has 0 radical (unpaired) electrons. The Balaban J connectivity index is 1.10. The average Bonchev–Trinajstić information content (AvgIpc) is 3.68. The predicted molar refractivity (Wildman–Crippen MR) is 240 cm³/mol. The van der Waals surface area contributed by atoms with Crippen molar-refractivity contribution in [2.24, 2.45) is 0 Å². The van der Waals surface area contributed by atoms with Gasteiger partial charge in [-0.15, -0.1) is 0 Å². The molecule has 0 aliphatic rings. The topological polar surface area (TPSA) is 77.6 Å². The van der Waals surface area contributed by atoms with Gasteiger partial charge in [-0.25, -0.2) is 24.9 Å². The fraction of sp³-hybridized carbons (Fsp3) is 0. The third kappa shape index (κ3) is 5.53. The Morgan fingerprint density at radius 1 is 0.305 bits per heavy atom. The van der Waals surface area contributed by atoms with E-state index in [2.05, 4.69) is 121 Å². The first-order valence-corrected chi connectivity index (χ1v) is 19.7. The third-order valence-corrected chi connectivity index (χ3v) is 11.3. The molecule has 6 heteroatoms. The van der Waals surface area contributed by atoms with E-state index in [4.69, 9.17) is 29.3 Å². The minimum Gasteiger partial charge on any atom is -0.456 e. The second-order valence-corrected chi connectivity index (χ2v) is 14.8. The van der Waals surface area contributed by atoms with Gasteiger partial charge >= 0.3 is 0 Å². The molecule has 0 aliphatic heterocycles. The number of nitrogens with zero attached hydrogens (tertiary/aromatic N) is 5. The Hall–Kier alpha value is -8.09. The van der Waals surface area contributed by atoms with Gasteiger partial charge in [0, 0.05) is 44.0 Å². The minimum absolute atomic E-state index is 0.545. The standard InChI is InChI=1S/C53H31N5O/c1-2-14-32(15-3-1)49-41-24-10-11-26-45(41)54-50(55-49)36-19-12-20-37(28-36)51-56-52(42-25-13-27-46-48(42)44-29-33-16-4-5-17-34(33)31-47(44)59-46)58-53(57-51)43-30-35-18-6-7-21-38(35)39-22-8-9-23-40(39)43/h1-31H. The van der Waals surface area contributed by atoms with Crippen molar-refractivity contribution in [3.05, 3.63) is 188 Å². The number of hydrogen-bond donors (Lipinski definition) is 0. The zero-order valence-corrected chi connectivity index (χ0v) is 31.5. The molecule has 3 heterocycles. The summed E-state index contributed by atoms with van der Waals surface area (Å²) < 4.78 is 6.51. The van der Waals surface area contributed by atoms with E-state index in [0.29, 0.717) is 23.3 Å². The lowest BCUT2D eigenvalue weighted by molar-refractivity contribution is 0.669. The maximum absolute atomic E-state index is 6.51. The normalized spacial score (nSPS) is 11.7. The van der Waals surface area contributed by atoms with Crippen LogP contribution < -0.4 is 0 Å². The van der Waals surface area contributed by atoms with Crippen LogP contribution in [0.1, 0.15) is 0 Å². The van der Waals surface area contributed by atoms with E-state index < -0.39 is 0 Å². The number of para-hydroxylation sites is 1. The average molecular weight is 754 g/mol. The Morgan fingerprint density at radius 3 is 1.71 bits per heavy atom. The first-order valence-electron chi connectivity index (χ1n) is 19.7. The van der Waals surface area contributed by atoms with Crippen molar-refractivity contribution in [2.75, 3.05) is 0 Å². The van der Waals surface area contributed by atoms with Crippen LogP contribution in [0.3, 0.4) is 0 Å². The van der Waals surface area contributed by atoms with Gasteiger partial charge in [0.25, 0.3) is 0 Å². The molecule has 0 spiro atoms. The van der Waals surface area contributed by atoms with Crippen LogP contribution in [-0.2, 0) is 0 Å². The molecule has 6 nitrogen and oxygen atoms in total. The molecule has 0 saturated carbocycles. The van der Waals surface area contributed by atoms with Gasteiger partial charge in [0.2, 0.25) is 0 Å². The maximum Gasteiger partial charge on any atom is 0.164 e. The second kappa shape index (κ2) is 13.3. The first-order chi connectivity index (χ1) is 29.2. The zero-order chi connectivity index (χ0) is 38.9. The van der Waals surface area contributed by atoms with Crippen LogP contribution in [0.4, 0.5) is 0 Å². The molecule has 0 bridgehead atoms. The minimum atomic E-state index is 0.545. The van der Waals surface area contributed by atoms with Crippen molar-refractivity contribution >= 4 is 65.2 Å². The summed E-state index contributed by atoms with van der Waals surface area (Å²) in [6.45, 7) is 0. The van der Waals surface area contributed by atoms with E-state index in [9.17, 15) is 0 Å². The number of fused-ring (bicyclic) bond motifs is 8. The molecule has 0 atom stereocenters. The lowest BCUT2D eigenvalue weighted by Crippen LogP contribution is -2.01. The third-order valence-electron chi connectivity index (χ3n) is 11.3. The summed E-state index contributed by atoms with van der Waals surface area (Å²) >= 11 is 0. The van der Waals surface area contributed by atoms with Crippen LogP contribution >= 0.6 is 0 Å². The van der Waals surface area contributed by atoms with E-state index in [1.54, 1.807) is 0 Å². The van der Waals surface area contributed by atoms with Crippen LogP contribution in [-0.4, -0.2) is 24.9 Å². The van der Waals surface area contributed by atoms with Crippen molar-refractivity contribution in [1.82, 2.24) is 24.9 Å². The SMILES string of the molecule is c1ccc(-c2nc(-c3cccc(-c4nc(-c5cc6ccccc6c6ccccc56)nc(-c5cccc6oc7cc8ccccc8cc7c56)n4)c3)nc3ccccc23)cc1. The zero-order valence-electron chi connectivity index (χ0n) is 31.5. The van der Waals surface area contributed by atoms with Crippen LogP contribution in [0.5, 0.6) is 0 Å². The molecule has 274 valence electrons. The molecule has 0 N–H and O–H groups in total. The summed E-state index contributed by atoms with van der Waals surface area (Å²) in [6.07, 6.45) is 0. The largest absolute Gasteiger partial charge is 0.456 e. The Labute approximate surface area is 338 Å². The lowest BCUT2D eigenvalue weighted by atomic mass is 9.96. The van der Waals surface area contributed by atoms with E-state index in [-0.39, 0.29) is 0 Å². The molecule has 12 aromatic rings. The summed E-state index contributed by atoms with van der Waals surface area (Å²) in [6, 6.07) is 64.6. The number of hydrogen-bond acceptors (Lipinski definition) is 6. The number of rotatable bonds is 5. The molecule has 0 amide bonds. The summed E-state index contributed by atoms with van der Waals surface area (Å²) in [7, 11) is 0. The lowest BCUT2D eigenvalue weighted by Gasteiger charge is -2.13. The number of furan rings is 1. The van der Waals surface area contributed by atoms with Gasteiger partial charge in [0.1, 0.15) is 11.2 Å². The molecule has 12 rings (SSSR count). The van der Waals surface area contributed by atoms with Gasteiger partial charge in [0.05, 0.1) is 11.2 Å². The van der Waals surface area contributed by atoms with Crippen molar-refractivity contribution in [1.29, 1.82) is 0 Å². The molecule has 0 fully saturated rings. The van der Waals surface area contributed by atoms with Gasteiger partial charge in [-0.3, -0.25) is 0 Å². The number of aromatic nitrogens is 5. The predicted octanol–water partition coefficient (Wildman–Crippen LogP) is 13.5. The van der Waals surface area contributed by atoms with Gasteiger partial charge in [-0.1, -0.05) is 152 Å². The quantitative estimate of drug-likeness (QED) is 0.163. The van der Waals surface area contributed by atoms with Crippen LogP contribution in [0.25, 0.3) is 122 Å². The van der Waals surface area contributed by atoms with Gasteiger partial charge in [0.15, 0.2) is 23.3 Å². The number of benzene rings is 9. The highest BCUT2D eigenvalue weighted by molar-refractivity contribution is 6.16. The van der Waals surface area contributed by atoms with E-state index >= 15 is 0 Å². The van der Waals surface area contributed by atoms with Crippen LogP contribution in [0.15, 0.2) is 192 Å². The van der Waals surface area contributed by atoms with Crippen molar-refractivity contribution in [3.63, 3.8) is 0 Å². The highest BCUT2D eigenvalue weighted by Gasteiger charge is 2.21. The smallest absolute Gasteiger partial charge is 0.164 e. The molecule has 3 aromatic heterocycles. The highest BCUT2D eigenvalue weighted by Crippen LogP contribution is 2.40. The Morgan fingerprint density at radius 2 is 0.898 bits per heavy atom. The van der Waals surface area contributed by atoms with E-state index in [0.717, 1.165) is 93.3 Å². The first kappa shape index (κ1) is 33.1.